The number of H-pyrrole nitrogens is 1. The van der Waals surface area contributed by atoms with Crippen molar-refractivity contribution in [3.63, 3.8) is 0 Å². The summed E-state index contributed by atoms with van der Waals surface area (Å²) in [4.78, 5) is 15.6. The average Bonchev–Trinajstić information content (AvgIpc) is 3.15. The van der Waals surface area contributed by atoms with E-state index in [1.807, 2.05) is 43.3 Å². The van der Waals surface area contributed by atoms with Crippen molar-refractivity contribution in [2.24, 2.45) is 0 Å². The van der Waals surface area contributed by atoms with Crippen LogP contribution in [0.3, 0.4) is 0 Å². The van der Waals surface area contributed by atoms with Crippen LogP contribution in [0, 0.1) is 0 Å². The first kappa shape index (κ1) is 17.1. The summed E-state index contributed by atoms with van der Waals surface area (Å²) in [6, 6.07) is 12.9. The van der Waals surface area contributed by atoms with Crippen LogP contribution in [-0.4, -0.2) is 34.2 Å². The summed E-state index contributed by atoms with van der Waals surface area (Å²) < 4.78 is 1.30. The van der Waals surface area contributed by atoms with Gasteiger partial charge in [0.2, 0.25) is 0 Å². The molecule has 2 aromatic heterocycles. The normalized spacial score (nSPS) is 11.1. The standard InChI is InChI=1S/C19H16ClN5O2/c1-23(2)13-6-4-12(5-7-13)14-10-15-17(11-16(14)20)22-25(27)19(18(15)26)24-9-3-8-21-24/h3-11H,1-2H3,(H-,22,26,27)/p+1. The lowest BCUT2D eigenvalue weighted by molar-refractivity contribution is -0.942. The summed E-state index contributed by atoms with van der Waals surface area (Å²) in [5.74, 6) is -0.0104. The SMILES string of the molecule is CN(C)c1ccc(-c2cc3c(=O)c(-n4cccn4)[n+](O)[nH]c3cc2Cl)cc1. The summed E-state index contributed by atoms with van der Waals surface area (Å²) in [6.07, 6.45) is 3.11. The Labute approximate surface area is 159 Å². The quantitative estimate of drug-likeness (QED) is 0.422. The lowest BCUT2D eigenvalue weighted by Gasteiger charge is -2.13. The molecule has 0 amide bonds. The minimum absolute atomic E-state index is 0.0104. The van der Waals surface area contributed by atoms with Crippen molar-refractivity contribution in [3.05, 3.63) is 70.1 Å². The van der Waals surface area contributed by atoms with Gasteiger partial charge in [-0.1, -0.05) is 33.5 Å². The lowest BCUT2D eigenvalue weighted by Crippen LogP contribution is -2.45. The summed E-state index contributed by atoms with van der Waals surface area (Å²) in [7, 11) is 3.94. The molecule has 2 heterocycles. The summed E-state index contributed by atoms with van der Waals surface area (Å²) in [5, 5.41) is 17.8. The second kappa shape index (κ2) is 6.44. The Balaban J connectivity index is 1.93. The summed E-state index contributed by atoms with van der Waals surface area (Å²) >= 11 is 6.44. The number of nitrogens with zero attached hydrogens (tertiary/aromatic N) is 4. The van der Waals surface area contributed by atoms with Gasteiger partial charge in [0.25, 0.3) is 5.43 Å². The molecule has 8 heteroatoms. The molecule has 0 unspecified atom stereocenters. The number of rotatable bonds is 3. The van der Waals surface area contributed by atoms with E-state index in [-0.39, 0.29) is 11.2 Å². The summed E-state index contributed by atoms with van der Waals surface area (Å²) in [5.41, 5.74) is 2.76. The van der Waals surface area contributed by atoms with E-state index in [0.717, 1.165) is 16.8 Å². The monoisotopic (exact) mass is 382 g/mol. The second-order valence-corrected chi connectivity index (χ2v) is 6.75. The van der Waals surface area contributed by atoms with Crippen molar-refractivity contribution in [2.45, 2.75) is 0 Å². The molecule has 0 saturated carbocycles. The molecule has 136 valence electrons. The van der Waals surface area contributed by atoms with Crippen LogP contribution in [0.5, 0.6) is 0 Å². The van der Waals surface area contributed by atoms with Gasteiger partial charge < -0.3 is 10.1 Å². The number of aromatic amines is 1. The predicted octanol–water partition coefficient (Wildman–Crippen LogP) is 2.62. The predicted molar refractivity (Wildman–Crippen MR) is 104 cm³/mol. The Bertz CT molecular complexity index is 1180. The smallest absolute Gasteiger partial charge is 0.378 e. The molecule has 0 atom stereocenters. The molecule has 0 bridgehead atoms. The van der Waals surface area contributed by atoms with Crippen LogP contribution in [0.1, 0.15) is 0 Å². The minimum atomic E-state index is -0.363. The van der Waals surface area contributed by atoms with E-state index < -0.39 is 0 Å². The fourth-order valence-electron chi connectivity index (χ4n) is 2.99. The molecule has 0 radical (unpaired) electrons. The topological polar surface area (TPSA) is 78.0 Å². The molecule has 0 fully saturated rings. The third kappa shape index (κ3) is 2.92. The molecule has 2 aromatic carbocycles. The highest BCUT2D eigenvalue weighted by molar-refractivity contribution is 6.34. The molecule has 7 nitrogen and oxygen atoms in total. The van der Waals surface area contributed by atoms with E-state index in [0.29, 0.717) is 20.8 Å². The Morgan fingerprint density at radius 3 is 2.59 bits per heavy atom. The van der Waals surface area contributed by atoms with Crippen molar-refractivity contribution >= 4 is 28.2 Å². The van der Waals surface area contributed by atoms with Crippen LogP contribution in [0.25, 0.3) is 27.8 Å². The Hall–Kier alpha value is -3.32. The first-order chi connectivity index (χ1) is 13.0. The molecule has 27 heavy (non-hydrogen) atoms. The zero-order valence-electron chi connectivity index (χ0n) is 14.7. The largest absolute Gasteiger partial charge is 0.416 e. The van der Waals surface area contributed by atoms with Gasteiger partial charge >= 0.3 is 5.82 Å². The molecule has 0 aliphatic heterocycles. The maximum atomic E-state index is 13.0. The first-order valence-corrected chi connectivity index (χ1v) is 8.62. The van der Waals surface area contributed by atoms with E-state index in [9.17, 15) is 10.0 Å². The van der Waals surface area contributed by atoms with Gasteiger partial charge in [0.15, 0.2) is 0 Å². The molecule has 4 aromatic rings. The van der Waals surface area contributed by atoms with Gasteiger partial charge in [-0.25, -0.2) is 0 Å². The van der Waals surface area contributed by atoms with Crippen LogP contribution in [-0.2, 0) is 0 Å². The Kier molecular flexibility index (Phi) is 4.08. The van der Waals surface area contributed by atoms with E-state index in [1.165, 1.54) is 10.9 Å². The van der Waals surface area contributed by atoms with Crippen molar-refractivity contribution in [1.29, 1.82) is 0 Å². The molecule has 0 aliphatic carbocycles. The maximum absolute atomic E-state index is 13.0. The van der Waals surface area contributed by atoms with Gasteiger partial charge in [0.05, 0.1) is 22.1 Å². The van der Waals surface area contributed by atoms with Crippen molar-refractivity contribution in [2.75, 3.05) is 19.0 Å². The minimum Gasteiger partial charge on any atom is -0.378 e. The fraction of sp³-hybridized carbons (Fsp3) is 0.105. The number of hydrogen-bond acceptors (Lipinski definition) is 4. The lowest BCUT2D eigenvalue weighted by atomic mass is 10.0. The van der Waals surface area contributed by atoms with Gasteiger partial charge in [-0.05, 0) is 29.8 Å². The number of aromatic nitrogens is 4. The van der Waals surface area contributed by atoms with Gasteiger partial charge in [-0.15, -0.1) is 0 Å². The molecular weight excluding hydrogens is 366 g/mol. The molecule has 4 rings (SSSR count). The van der Waals surface area contributed by atoms with Crippen molar-refractivity contribution in [1.82, 2.24) is 14.9 Å². The second-order valence-electron chi connectivity index (χ2n) is 6.35. The number of nitrogens with one attached hydrogen (secondary N) is 1. The molecule has 0 spiro atoms. The summed E-state index contributed by atoms with van der Waals surface area (Å²) in [6.45, 7) is 0. The Morgan fingerprint density at radius 1 is 1.22 bits per heavy atom. The molecule has 0 aliphatic rings. The highest BCUT2D eigenvalue weighted by Crippen LogP contribution is 2.31. The molecule has 0 saturated heterocycles. The zero-order valence-corrected chi connectivity index (χ0v) is 15.5. The fourth-order valence-corrected chi connectivity index (χ4v) is 3.27. The van der Waals surface area contributed by atoms with Crippen molar-refractivity contribution in [3.8, 4) is 16.9 Å². The average molecular weight is 383 g/mol. The number of halogens is 1. The van der Waals surface area contributed by atoms with Crippen LogP contribution in [0.15, 0.2) is 59.7 Å². The van der Waals surface area contributed by atoms with E-state index >= 15 is 0 Å². The van der Waals surface area contributed by atoms with Gasteiger partial charge in [0, 0.05) is 36.3 Å². The van der Waals surface area contributed by atoms with Crippen LogP contribution in [0.2, 0.25) is 5.02 Å². The molecule has 2 N–H and O–H groups in total. The highest BCUT2D eigenvalue weighted by atomic mass is 35.5. The van der Waals surface area contributed by atoms with E-state index in [1.54, 1.807) is 24.4 Å². The number of anilines is 1. The van der Waals surface area contributed by atoms with Crippen LogP contribution >= 0.6 is 11.6 Å². The molecular formula is C19H17ClN5O2+. The maximum Gasteiger partial charge on any atom is 0.416 e. The zero-order chi connectivity index (χ0) is 19.1. The van der Waals surface area contributed by atoms with Gasteiger partial charge in [-0.2, -0.15) is 5.10 Å². The van der Waals surface area contributed by atoms with Gasteiger partial charge in [0.1, 0.15) is 6.20 Å². The highest BCUT2D eigenvalue weighted by Gasteiger charge is 2.22. The number of fused-ring (bicyclic) bond motifs is 1. The van der Waals surface area contributed by atoms with E-state index in [4.69, 9.17) is 11.6 Å². The van der Waals surface area contributed by atoms with Crippen molar-refractivity contribution < 1.29 is 10.1 Å². The van der Waals surface area contributed by atoms with Crippen LogP contribution in [0.4, 0.5) is 5.69 Å². The number of benzene rings is 2. The van der Waals surface area contributed by atoms with Crippen LogP contribution < -0.4 is 15.2 Å². The Morgan fingerprint density at radius 2 is 1.96 bits per heavy atom. The third-order valence-electron chi connectivity index (χ3n) is 4.40. The van der Waals surface area contributed by atoms with Gasteiger partial charge in [-0.3, -0.25) is 4.79 Å². The van der Waals surface area contributed by atoms with E-state index in [2.05, 4.69) is 10.2 Å². The number of hydrogen-bond donors (Lipinski definition) is 2. The third-order valence-corrected chi connectivity index (χ3v) is 4.71. The first-order valence-electron chi connectivity index (χ1n) is 8.24.